The summed E-state index contributed by atoms with van der Waals surface area (Å²) in [5.41, 5.74) is 4.10. The SMILES string of the molecule is CC(C)(C)[Si](C)(C)OC[C@@H]([C@@H]1CN1Cc1ccccc1)N(Cc1ccccc1)Cc1ccccc1. The second-order valence-electron chi connectivity index (χ2n) is 11.5. The van der Waals surface area contributed by atoms with E-state index in [0.717, 1.165) is 32.8 Å². The van der Waals surface area contributed by atoms with Crippen molar-refractivity contribution >= 4 is 8.32 Å². The first-order chi connectivity index (χ1) is 16.7. The summed E-state index contributed by atoms with van der Waals surface area (Å²) < 4.78 is 6.88. The molecule has 0 N–H and O–H groups in total. The van der Waals surface area contributed by atoms with E-state index in [9.17, 15) is 0 Å². The Hall–Kier alpha value is -2.24. The number of benzene rings is 3. The van der Waals surface area contributed by atoms with E-state index in [-0.39, 0.29) is 5.04 Å². The Balaban J connectivity index is 1.58. The zero-order valence-corrected chi connectivity index (χ0v) is 23.2. The molecular weight excluding hydrogens is 444 g/mol. The Kier molecular flexibility index (Phi) is 8.28. The Bertz CT molecular complexity index is 992. The van der Waals surface area contributed by atoms with Gasteiger partial charge in [0.15, 0.2) is 8.32 Å². The van der Waals surface area contributed by atoms with E-state index in [4.69, 9.17) is 4.43 Å². The van der Waals surface area contributed by atoms with E-state index in [1.54, 1.807) is 0 Å². The molecular formula is C31H42N2OSi. The second kappa shape index (κ2) is 11.2. The second-order valence-corrected chi connectivity index (χ2v) is 16.3. The van der Waals surface area contributed by atoms with Crippen LogP contribution in [0.4, 0.5) is 0 Å². The number of hydrogen-bond donors (Lipinski definition) is 0. The monoisotopic (exact) mass is 486 g/mol. The Morgan fingerprint density at radius 3 is 1.71 bits per heavy atom. The summed E-state index contributed by atoms with van der Waals surface area (Å²) in [4.78, 5) is 5.27. The highest BCUT2D eigenvalue weighted by Gasteiger charge is 2.45. The Morgan fingerprint density at radius 2 is 1.26 bits per heavy atom. The number of nitrogens with zero attached hydrogens (tertiary/aromatic N) is 2. The van der Waals surface area contributed by atoms with Gasteiger partial charge in [-0.15, -0.1) is 0 Å². The molecule has 1 heterocycles. The van der Waals surface area contributed by atoms with Crippen LogP contribution in [0.2, 0.25) is 18.1 Å². The maximum Gasteiger partial charge on any atom is 0.192 e. The van der Waals surface area contributed by atoms with Gasteiger partial charge in [-0.3, -0.25) is 9.80 Å². The third kappa shape index (κ3) is 7.14. The minimum Gasteiger partial charge on any atom is -0.415 e. The highest BCUT2D eigenvalue weighted by atomic mass is 28.4. The van der Waals surface area contributed by atoms with Crippen LogP contribution in [0.1, 0.15) is 37.5 Å². The standard InChI is InChI=1S/C31H42N2OSi/c1-31(2,3)35(4,5)34-25-30(29-24-33(29)23-28-19-13-8-14-20-28)32(21-26-15-9-6-10-16-26)22-27-17-11-7-12-18-27/h6-20,29-30H,21-25H2,1-5H3/t29-,30-,33?/m0/s1. The fourth-order valence-electron chi connectivity index (χ4n) is 4.45. The molecule has 0 spiro atoms. The summed E-state index contributed by atoms with van der Waals surface area (Å²) in [5.74, 6) is 0. The van der Waals surface area contributed by atoms with Crippen LogP contribution in [0, 0.1) is 0 Å². The molecule has 3 aromatic rings. The van der Waals surface area contributed by atoms with Gasteiger partial charge in [-0.1, -0.05) is 112 Å². The molecule has 186 valence electrons. The molecule has 0 amide bonds. The first-order valence-electron chi connectivity index (χ1n) is 13.0. The van der Waals surface area contributed by atoms with E-state index in [1.807, 2.05) is 0 Å². The maximum absolute atomic E-state index is 6.88. The topological polar surface area (TPSA) is 15.5 Å². The smallest absolute Gasteiger partial charge is 0.192 e. The van der Waals surface area contributed by atoms with Gasteiger partial charge in [0, 0.05) is 38.3 Å². The summed E-state index contributed by atoms with van der Waals surface area (Å²) in [6, 6.07) is 33.5. The van der Waals surface area contributed by atoms with Crippen molar-refractivity contribution in [2.24, 2.45) is 0 Å². The predicted molar refractivity (Wildman–Crippen MR) is 150 cm³/mol. The van der Waals surface area contributed by atoms with Gasteiger partial charge in [-0.05, 0) is 34.8 Å². The fourth-order valence-corrected chi connectivity index (χ4v) is 5.47. The van der Waals surface area contributed by atoms with Crippen molar-refractivity contribution in [3.8, 4) is 0 Å². The zero-order chi connectivity index (χ0) is 24.9. The first kappa shape index (κ1) is 25.8. The van der Waals surface area contributed by atoms with Crippen LogP contribution in [0.15, 0.2) is 91.0 Å². The van der Waals surface area contributed by atoms with Crippen molar-refractivity contribution in [3.05, 3.63) is 108 Å². The Morgan fingerprint density at radius 1 is 0.800 bits per heavy atom. The van der Waals surface area contributed by atoms with Gasteiger partial charge in [-0.25, -0.2) is 0 Å². The highest BCUT2D eigenvalue weighted by Crippen LogP contribution is 2.38. The lowest BCUT2D eigenvalue weighted by atomic mass is 10.1. The molecule has 1 saturated heterocycles. The van der Waals surface area contributed by atoms with Crippen molar-refractivity contribution in [1.82, 2.24) is 9.80 Å². The first-order valence-corrected chi connectivity index (χ1v) is 15.9. The zero-order valence-electron chi connectivity index (χ0n) is 22.2. The molecule has 4 rings (SSSR count). The van der Waals surface area contributed by atoms with Crippen LogP contribution in [0.25, 0.3) is 0 Å². The van der Waals surface area contributed by atoms with E-state index in [0.29, 0.717) is 12.1 Å². The average Bonchev–Trinajstić information content (AvgIpc) is 3.59. The van der Waals surface area contributed by atoms with Crippen LogP contribution in [-0.4, -0.2) is 43.4 Å². The lowest BCUT2D eigenvalue weighted by Crippen LogP contribution is -2.48. The van der Waals surface area contributed by atoms with Crippen molar-refractivity contribution in [1.29, 1.82) is 0 Å². The molecule has 35 heavy (non-hydrogen) atoms. The normalized spacial score (nSPS) is 19.0. The molecule has 1 unspecified atom stereocenters. The van der Waals surface area contributed by atoms with E-state index in [1.165, 1.54) is 16.7 Å². The lowest BCUT2D eigenvalue weighted by molar-refractivity contribution is 0.102. The molecule has 1 fully saturated rings. The van der Waals surface area contributed by atoms with E-state index in [2.05, 4.69) is 135 Å². The number of rotatable bonds is 11. The third-order valence-corrected chi connectivity index (χ3v) is 12.3. The molecule has 3 nitrogen and oxygen atoms in total. The van der Waals surface area contributed by atoms with E-state index >= 15 is 0 Å². The largest absolute Gasteiger partial charge is 0.415 e. The Labute approximate surface area is 213 Å². The molecule has 0 radical (unpaired) electrons. The quantitative estimate of drug-likeness (QED) is 0.215. The van der Waals surface area contributed by atoms with Crippen LogP contribution in [-0.2, 0) is 24.1 Å². The third-order valence-electron chi connectivity index (χ3n) is 7.78. The molecule has 3 atom stereocenters. The van der Waals surface area contributed by atoms with Crippen molar-refractivity contribution in [2.45, 2.75) is 70.6 Å². The minimum atomic E-state index is -1.86. The predicted octanol–water partition coefficient (Wildman–Crippen LogP) is 6.96. The van der Waals surface area contributed by atoms with Crippen molar-refractivity contribution in [2.75, 3.05) is 13.2 Å². The lowest BCUT2D eigenvalue weighted by Gasteiger charge is -2.39. The summed E-state index contributed by atoms with van der Waals surface area (Å²) in [5, 5.41) is 0.203. The molecule has 0 aliphatic carbocycles. The van der Waals surface area contributed by atoms with Gasteiger partial charge >= 0.3 is 0 Å². The fraction of sp³-hybridized carbons (Fsp3) is 0.419. The van der Waals surface area contributed by atoms with Gasteiger partial charge in [0.05, 0.1) is 6.61 Å². The van der Waals surface area contributed by atoms with Crippen molar-refractivity contribution in [3.63, 3.8) is 0 Å². The van der Waals surface area contributed by atoms with Gasteiger partial charge < -0.3 is 4.43 Å². The van der Waals surface area contributed by atoms with Crippen LogP contribution >= 0.6 is 0 Å². The molecule has 3 aromatic carbocycles. The summed E-state index contributed by atoms with van der Waals surface area (Å²) in [6.07, 6.45) is 0. The van der Waals surface area contributed by atoms with Gasteiger partial charge in [-0.2, -0.15) is 0 Å². The molecule has 0 aromatic heterocycles. The van der Waals surface area contributed by atoms with Crippen LogP contribution in [0.5, 0.6) is 0 Å². The maximum atomic E-state index is 6.88. The summed E-state index contributed by atoms with van der Waals surface area (Å²) in [7, 11) is -1.86. The summed E-state index contributed by atoms with van der Waals surface area (Å²) in [6.45, 7) is 16.5. The summed E-state index contributed by atoms with van der Waals surface area (Å²) >= 11 is 0. The van der Waals surface area contributed by atoms with Crippen LogP contribution < -0.4 is 0 Å². The molecule has 0 bridgehead atoms. The number of hydrogen-bond acceptors (Lipinski definition) is 3. The minimum absolute atomic E-state index is 0.203. The van der Waals surface area contributed by atoms with Gasteiger partial charge in [0.25, 0.3) is 0 Å². The molecule has 4 heteroatoms. The average molecular weight is 487 g/mol. The van der Waals surface area contributed by atoms with E-state index < -0.39 is 8.32 Å². The molecule has 1 aliphatic rings. The van der Waals surface area contributed by atoms with Crippen LogP contribution in [0.3, 0.4) is 0 Å². The van der Waals surface area contributed by atoms with Crippen molar-refractivity contribution < 1.29 is 4.43 Å². The highest BCUT2D eigenvalue weighted by molar-refractivity contribution is 6.74. The molecule has 1 aliphatic heterocycles. The van der Waals surface area contributed by atoms with Gasteiger partial charge in [0.1, 0.15) is 0 Å². The van der Waals surface area contributed by atoms with Gasteiger partial charge in [0.2, 0.25) is 0 Å². The molecule has 0 saturated carbocycles.